The molecular weight excluding hydrogens is 458 g/mol. The third kappa shape index (κ3) is 6.31. The van der Waals surface area contributed by atoms with E-state index in [1.807, 2.05) is 72.7 Å². The monoisotopic (exact) mass is 491 g/mol. The first kappa shape index (κ1) is 25.0. The van der Waals surface area contributed by atoms with E-state index >= 15 is 0 Å². The number of anilines is 1. The summed E-state index contributed by atoms with van der Waals surface area (Å²) in [5.74, 6) is 0.824. The van der Waals surface area contributed by atoms with Crippen LogP contribution in [0.5, 0.6) is 0 Å². The molecule has 1 aliphatic heterocycles. The summed E-state index contributed by atoms with van der Waals surface area (Å²) in [4.78, 5) is 27.9. The van der Waals surface area contributed by atoms with Crippen LogP contribution in [0.2, 0.25) is 0 Å². The van der Waals surface area contributed by atoms with Crippen LogP contribution < -0.4 is 5.32 Å². The van der Waals surface area contributed by atoms with Crippen LogP contribution in [0.3, 0.4) is 0 Å². The van der Waals surface area contributed by atoms with Gasteiger partial charge in [-0.2, -0.15) is 0 Å². The van der Waals surface area contributed by atoms with Gasteiger partial charge in [0.25, 0.3) is 0 Å². The molecule has 2 aromatic carbocycles. The molecule has 8 heteroatoms. The third-order valence-corrected chi connectivity index (χ3v) is 7.40. The molecule has 1 N–H and O–H groups in total. The molecule has 0 saturated carbocycles. The number of rotatable bonds is 8. The van der Waals surface area contributed by atoms with E-state index in [4.69, 9.17) is 0 Å². The van der Waals surface area contributed by atoms with Crippen molar-refractivity contribution in [3.8, 4) is 0 Å². The van der Waals surface area contributed by atoms with Crippen LogP contribution in [0.1, 0.15) is 60.4 Å². The molecule has 1 atom stereocenters. The second kappa shape index (κ2) is 11.5. The van der Waals surface area contributed by atoms with Crippen molar-refractivity contribution in [3.05, 3.63) is 71.0 Å². The highest BCUT2D eigenvalue weighted by Crippen LogP contribution is 2.36. The molecule has 0 spiro atoms. The number of carbonyl (C=O) groups excluding carboxylic acids is 2. The molecule has 1 fully saturated rings. The van der Waals surface area contributed by atoms with Crippen molar-refractivity contribution in [3.63, 3.8) is 0 Å². The predicted molar refractivity (Wildman–Crippen MR) is 139 cm³/mol. The molecule has 3 aromatic rings. The summed E-state index contributed by atoms with van der Waals surface area (Å²) in [7, 11) is 0. The molecule has 2 amide bonds. The summed E-state index contributed by atoms with van der Waals surface area (Å²) in [6.45, 7) is 7.94. The summed E-state index contributed by atoms with van der Waals surface area (Å²) in [6.07, 6.45) is 3.64. The standard InChI is InChI=1S/C27H33N5O2S/c1-4-32-23(18-31-14-10-6-9-13-24(31)33)29-30-27(32)35-25(21-11-7-5-8-12-21)26(34)28-22-16-19(2)15-20(3)17-22/h5,7-8,11-12,15-17,25H,4,6,9-10,13-14,18H2,1-3H3,(H,28,34). The average molecular weight is 492 g/mol. The Labute approximate surface area is 211 Å². The minimum Gasteiger partial charge on any atom is -0.335 e. The second-order valence-electron chi connectivity index (χ2n) is 9.04. The molecule has 0 radical (unpaired) electrons. The van der Waals surface area contributed by atoms with E-state index in [0.717, 1.165) is 54.0 Å². The van der Waals surface area contributed by atoms with E-state index < -0.39 is 5.25 Å². The van der Waals surface area contributed by atoms with Gasteiger partial charge in [-0.25, -0.2) is 0 Å². The highest BCUT2D eigenvalue weighted by Gasteiger charge is 2.27. The zero-order chi connectivity index (χ0) is 24.8. The fourth-order valence-corrected chi connectivity index (χ4v) is 5.60. The molecule has 2 heterocycles. The Morgan fingerprint density at radius 3 is 2.51 bits per heavy atom. The van der Waals surface area contributed by atoms with Gasteiger partial charge in [0.2, 0.25) is 11.8 Å². The molecule has 1 aliphatic rings. The summed E-state index contributed by atoms with van der Waals surface area (Å²) < 4.78 is 2.02. The third-order valence-electron chi connectivity index (χ3n) is 6.17. The van der Waals surface area contributed by atoms with Crippen molar-refractivity contribution in [1.29, 1.82) is 0 Å². The number of amides is 2. The number of hydrogen-bond acceptors (Lipinski definition) is 5. The van der Waals surface area contributed by atoms with E-state index in [2.05, 4.69) is 21.6 Å². The summed E-state index contributed by atoms with van der Waals surface area (Å²) in [6, 6.07) is 15.8. The van der Waals surface area contributed by atoms with Crippen molar-refractivity contribution >= 4 is 29.3 Å². The Kier molecular flexibility index (Phi) is 8.23. The fraction of sp³-hybridized carbons (Fsp3) is 0.407. The number of hydrogen-bond donors (Lipinski definition) is 1. The molecule has 7 nitrogen and oxygen atoms in total. The number of nitrogens with zero attached hydrogens (tertiary/aromatic N) is 4. The highest BCUT2D eigenvalue weighted by atomic mass is 32.2. The van der Waals surface area contributed by atoms with Gasteiger partial charge < -0.3 is 14.8 Å². The minimum absolute atomic E-state index is 0.110. The summed E-state index contributed by atoms with van der Waals surface area (Å²) in [5.41, 5.74) is 3.88. The van der Waals surface area contributed by atoms with Crippen molar-refractivity contribution < 1.29 is 9.59 Å². The van der Waals surface area contributed by atoms with Crippen LogP contribution in [0, 0.1) is 13.8 Å². The van der Waals surface area contributed by atoms with Crippen LogP contribution in [0.25, 0.3) is 0 Å². The molecule has 1 saturated heterocycles. The number of carbonyl (C=O) groups is 2. The van der Waals surface area contributed by atoms with Crippen LogP contribution in [0.15, 0.2) is 53.7 Å². The van der Waals surface area contributed by atoms with Gasteiger partial charge in [-0.3, -0.25) is 9.59 Å². The lowest BCUT2D eigenvalue weighted by atomic mass is 10.1. The van der Waals surface area contributed by atoms with Gasteiger partial charge in [-0.05, 0) is 62.4 Å². The largest absolute Gasteiger partial charge is 0.335 e. The van der Waals surface area contributed by atoms with Crippen molar-refractivity contribution in [2.75, 3.05) is 11.9 Å². The second-order valence-corrected chi connectivity index (χ2v) is 10.1. The quantitative estimate of drug-likeness (QED) is 0.433. The maximum Gasteiger partial charge on any atom is 0.242 e. The summed E-state index contributed by atoms with van der Waals surface area (Å²) in [5, 5.41) is 12.1. The first-order valence-electron chi connectivity index (χ1n) is 12.2. The Morgan fingerprint density at radius 2 is 1.80 bits per heavy atom. The van der Waals surface area contributed by atoms with Gasteiger partial charge in [0.15, 0.2) is 11.0 Å². The zero-order valence-electron chi connectivity index (χ0n) is 20.7. The van der Waals surface area contributed by atoms with Gasteiger partial charge in [-0.15, -0.1) is 10.2 Å². The topological polar surface area (TPSA) is 80.1 Å². The number of aromatic nitrogens is 3. The van der Waals surface area contributed by atoms with Crippen molar-refractivity contribution in [2.24, 2.45) is 0 Å². The molecule has 0 aliphatic carbocycles. The van der Waals surface area contributed by atoms with Crippen LogP contribution in [0.4, 0.5) is 5.69 Å². The van der Waals surface area contributed by atoms with E-state index in [1.165, 1.54) is 11.8 Å². The predicted octanol–water partition coefficient (Wildman–Crippen LogP) is 5.29. The Hall–Kier alpha value is -3.13. The summed E-state index contributed by atoms with van der Waals surface area (Å²) >= 11 is 1.39. The molecular formula is C27H33N5O2S. The highest BCUT2D eigenvalue weighted by molar-refractivity contribution is 8.00. The fourth-order valence-electron chi connectivity index (χ4n) is 4.48. The van der Waals surface area contributed by atoms with Crippen LogP contribution >= 0.6 is 11.8 Å². The maximum absolute atomic E-state index is 13.5. The lowest BCUT2D eigenvalue weighted by molar-refractivity contribution is -0.131. The first-order chi connectivity index (χ1) is 16.9. The van der Waals surface area contributed by atoms with Gasteiger partial charge in [0.05, 0.1) is 6.54 Å². The lowest BCUT2D eigenvalue weighted by Gasteiger charge is -2.21. The minimum atomic E-state index is -0.501. The molecule has 184 valence electrons. The zero-order valence-corrected chi connectivity index (χ0v) is 21.5. The molecule has 4 rings (SSSR count). The van der Waals surface area contributed by atoms with E-state index in [1.54, 1.807) is 0 Å². The lowest BCUT2D eigenvalue weighted by Crippen LogP contribution is -2.31. The number of thioether (sulfide) groups is 1. The van der Waals surface area contributed by atoms with Gasteiger partial charge >= 0.3 is 0 Å². The number of likely N-dealkylation sites (tertiary alicyclic amines) is 1. The van der Waals surface area contributed by atoms with Gasteiger partial charge in [0, 0.05) is 25.2 Å². The van der Waals surface area contributed by atoms with Gasteiger partial charge in [0.1, 0.15) is 5.25 Å². The molecule has 0 bridgehead atoms. The Bertz CT molecular complexity index is 1160. The van der Waals surface area contributed by atoms with Crippen molar-refractivity contribution in [1.82, 2.24) is 19.7 Å². The molecule has 1 unspecified atom stereocenters. The van der Waals surface area contributed by atoms with Gasteiger partial charge in [-0.1, -0.05) is 54.6 Å². The van der Waals surface area contributed by atoms with E-state index in [0.29, 0.717) is 24.7 Å². The SMILES string of the molecule is CCn1c(CN2CCCCCC2=O)nnc1SC(C(=O)Nc1cc(C)cc(C)c1)c1ccccc1. The normalized spacial score (nSPS) is 15.1. The van der Waals surface area contributed by atoms with E-state index in [9.17, 15) is 9.59 Å². The van der Waals surface area contributed by atoms with Crippen molar-refractivity contribution in [2.45, 2.75) is 70.0 Å². The van der Waals surface area contributed by atoms with Crippen LogP contribution in [-0.2, 0) is 22.7 Å². The number of benzene rings is 2. The average Bonchev–Trinajstić information content (AvgIpc) is 3.10. The number of nitrogens with one attached hydrogen (secondary N) is 1. The smallest absolute Gasteiger partial charge is 0.242 e. The maximum atomic E-state index is 13.5. The number of aryl methyl sites for hydroxylation is 2. The Balaban J connectivity index is 1.58. The van der Waals surface area contributed by atoms with Crippen LogP contribution in [-0.4, -0.2) is 38.0 Å². The molecule has 35 heavy (non-hydrogen) atoms. The first-order valence-corrected chi connectivity index (χ1v) is 13.1. The molecule has 1 aromatic heterocycles. The Morgan fingerprint density at radius 1 is 1.06 bits per heavy atom. The van der Waals surface area contributed by atoms with E-state index in [-0.39, 0.29) is 11.8 Å².